The number of para-hydroxylation sites is 1. The fourth-order valence-electron chi connectivity index (χ4n) is 1.16. The second kappa shape index (κ2) is 9.50. The molecular formula is C12H18Cl2N2OS. The first-order valence-corrected chi connectivity index (χ1v) is 6.89. The van der Waals surface area contributed by atoms with Crippen LogP contribution in [0.5, 0.6) is 0 Å². The minimum Gasteiger partial charge on any atom is -0.324 e. The normalized spacial score (nSPS) is 10.0. The van der Waals surface area contributed by atoms with Gasteiger partial charge < -0.3 is 10.2 Å². The quantitative estimate of drug-likeness (QED) is 0.820. The lowest BCUT2D eigenvalue weighted by molar-refractivity contribution is -0.113. The number of carbonyl (C=O) groups is 1. The highest BCUT2D eigenvalue weighted by Crippen LogP contribution is 2.20. The van der Waals surface area contributed by atoms with Crippen LogP contribution in [0, 0.1) is 0 Å². The van der Waals surface area contributed by atoms with Crippen molar-refractivity contribution in [1.29, 1.82) is 0 Å². The van der Waals surface area contributed by atoms with E-state index in [0.717, 1.165) is 12.3 Å². The molecule has 0 aliphatic carbocycles. The van der Waals surface area contributed by atoms with E-state index in [1.54, 1.807) is 23.9 Å². The third-order valence-electron chi connectivity index (χ3n) is 2.06. The van der Waals surface area contributed by atoms with Gasteiger partial charge in [-0.3, -0.25) is 4.79 Å². The van der Waals surface area contributed by atoms with Crippen molar-refractivity contribution in [3.05, 3.63) is 29.3 Å². The van der Waals surface area contributed by atoms with Gasteiger partial charge in [-0.15, -0.1) is 12.4 Å². The van der Waals surface area contributed by atoms with Crippen molar-refractivity contribution in [2.75, 3.05) is 37.5 Å². The average molecular weight is 309 g/mol. The molecule has 0 heterocycles. The van der Waals surface area contributed by atoms with Crippen LogP contribution in [0.1, 0.15) is 0 Å². The molecule has 0 bridgehead atoms. The molecule has 0 atom stereocenters. The van der Waals surface area contributed by atoms with Crippen LogP contribution in [0.2, 0.25) is 5.02 Å². The Morgan fingerprint density at radius 2 is 2.06 bits per heavy atom. The van der Waals surface area contributed by atoms with E-state index in [9.17, 15) is 4.79 Å². The molecule has 1 aromatic carbocycles. The Morgan fingerprint density at radius 3 is 2.67 bits per heavy atom. The smallest absolute Gasteiger partial charge is 0.234 e. The summed E-state index contributed by atoms with van der Waals surface area (Å²) in [5.41, 5.74) is 0.673. The molecule has 1 rings (SSSR count). The van der Waals surface area contributed by atoms with Crippen molar-refractivity contribution < 1.29 is 4.79 Å². The van der Waals surface area contributed by atoms with Gasteiger partial charge in [0.15, 0.2) is 0 Å². The van der Waals surface area contributed by atoms with Gasteiger partial charge in [0.1, 0.15) is 0 Å². The third-order valence-corrected chi connectivity index (χ3v) is 3.33. The summed E-state index contributed by atoms with van der Waals surface area (Å²) in [7, 11) is 4.04. The zero-order valence-electron chi connectivity index (χ0n) is 10.5. The molecule has 1 aromatic rings. The highest BCUT2D eigenvalue weighted by molar-refractivity contribution is 7.99. The Labute approximate surface area is 124 Å². The summed E-state index contributed by atoms with van der Waals surface area (Å²) in [5.74, 6) is 1.39. The lowest BCUT2D eigenvalue weighted by Gasteiger charge is -2.09. The Hall–Kier alpha value is -0.420. The molecule has 0 unspecified atom stereocenters. The maximum Gasteiger partial charge on any atom is 0.234 e. The van der Waals surface area contributed by atoms with Crippen molar-refractivity contribution >= 4 is 47.4 Å². The summed E-state index contributed by atoms with van der Waals surface area (Å²) >= 11 is 7.56. The number of carbonyl (C=O) groups excluding carboxylic acids is 1. The summed E-state index contributed by atoms with van der Waals surface area (Å²) in [5, 5.41) is 3.36. The maximum atomic E-state index is 11.6. The molecule has 0 saturated heterocycles. The van der Waals surface area contributed by atoms with E-state index >= 15 is 0 Å². The molecule has 0 aromatic heterocycles. The summed E-state index contributed by atoms with van der Waals surface area (Å²) in [6.07, 6.45) is 0. The van der Waals surface area contributed by atoms with Crippen LogP contribution in [0.4, 0.5) is 5.69 Å². The molecule has 1 amide bonds. The molecule has 18 heavy (non-hydrogen) atoms. The number of thioether (sulfide) groups is 1. The molecule has 1 N–H and O–H groups in total. The largest absolute Gasteiger partial charge is 0.324 e. The topological polar surface area (TPSA) is 32.3 Å². The van der Waals surface area contributed by atoms with Gasteiger partial charge in [0.05, 0.1) is 16.5 Å². The lowest BCUT2D eigenvalue weighted by atomic mass is 10.3. The van der Waals surface area contributed by atoms with Crippen LogP contribution in [0.15, 0.2) is 24.3 Å². The number of nitrogens with zero attached hydrogens (tertiary/aromatic N) is 1. The van der Waals surface area contributed by atoms with Gasteiger partial charge in [-0.1, -0.05) is 23.7 Å². The minimum atomic E-state index is -0.0122. The van der Waals surface area contributed by atoms with Crippen molar-refractivity contribution in [2.45, 2.75) is 0 Å². The average Bonchev–Trinajstić information content (AvgIpc) is 2.27. The van der Waals surface area contributed by atoms with Crippen molar-refractivity contribution in [1.82, 2.24) is 4.90 Å². The molecule has 0 saturated carbocycles. The molecule has 6 heteroatoms. The van der Waals surface area contributed by atoms with Crippen LogP contribution < -0.4 is 5.32 Å². The second-order valence-electron chi connectivity index (χ2n) is 3.88. The molecule has 0 spiro atoms. The predicted octanol–water partition coefficient (Wildman–Crippen LogP) is 3.00. The summed E-state index contributed by atoms with van der Waals surface area (Å²) in [4.78, 5) is 13.7. The Morgan fingerprint density at radius 1 is 1.39 bits per heavy atom. The van der Waals surface area contributed by atoms with Crippen molar-refractivity contribution in [3.63, 3.8) is 0 Å². The standard InChI is InChI=1S/C12H17ClN2OS.ClH/c1-15(2)7-8-17-9-12(16)14-11-6-4-3-5-10(11)13;/h3-6H,7-9H2,1-2H3,(H,14,16);1H. The molecule has 0 aliphatic rings. The van der Waals surface area contributed by atoms with Crippen molar-refractivity contribution in [2.24, 2.45) is 0 Å². The zero-order valence-corrected chi connectivity index (χ0v) is 12.9. The fraction of sp³-hybridized carbons (Fsp3) is 0.417. The van der Waals surface area contributed by atoms with Gasteiger partial charge in [0, 0.05) is 12.3 Å². The van der Waals surface area contributed by atoms with Crippen LogP contribution in [0.25, 0.3) is 0 Å². The number of hydrogen-bond acceptors (Lipinski definition) is 3. The summed E-state index contributed by atoms with van der Waals surface area (Å²) < 4.78 is 0. The van der Waals surface area contributed by atoms with Crippen LogP contribution in [-0.4, -0.2) is 43.0 Å². The Bertz CT molecular complexity index is 375. The molecule has 0 radical (unpaired) electrons. The van der Waals surface area contributed by atoms with E-state index < -0.39 is 0 Å². The van der Waals surface area contributed by atoms with E-state index in [2.05, 4.69) is 10.2 Å². The molecule has 0 aliphatic heterocycles. The van der Waals surface area contributed by atoms with Gasteiger partial charge >= 0.3 is 0 Å². The lowest BCUT2D eigenvalue weighted by Crippen LogP contribution is -2.18. The van der Waals surface area contributed by atoms with E-state index in [1.165, 1.54) is 0 Å². The predicted molar refractivity (Wildman–Crippen MR) is 83.2 cm³/mol. The number of halogens is 2. The SMILES string of the molecule is CN(C)CCSCC(=O)Nc1ccccc1Cl.Cl. The number of hydrogen-bond donors (Lipinski definition) is 1. The van der Waals surface area contributed by atoms with Crippen LogP contribution in [-0.2, 0) is 4.79 Å². The second-order valence-corrected chi connectivity index (χ2v) is 5.40. The van der Waals surface area contributed by atoms with Gasteiger partial charge in [-0.25, -0.2) is 0 Å². The number of nitrogens with one attached hydrogen (secondary N) is 1. The Balaban J connectivity index is 0.00000289. The third kappa shape index (κ3) is 7.11. The van der Waals surface area contributed by atoms with Crippen molar-refractivity contribution in [3.8, 4) is 0 Å². The Kier molecular flexibility index (Phi) is 9.28. The highest BCUT2D eigenvalue weighted by Gasteiger charge is 2.05. The summed E-state index contributed by atoms with van der Waals surface area (Å²) in [6.45, 7) is 0.976. The fourth-order valence-corrected chi connectivity index (χ4v) is 2.24. The first kappa shape index (κ1) is 17.6. The van der Waals surface area contributed by atoms with E-state index in [0.29, 0.717) is 16.5 Å². The zero-order chi connectivity index (χ0) is 12.7. The molecular weight excluding hydrogens is 291 g/mol. The van der Waals surface area contributed by atoms with Gasteiger partial charge in [0.2, 0.25) is 5.91 Å². The molecule has 102 valence electrons. The highest BCUT2D eigenvalue weighted by atomic mass is 35.5. The maximum absolute atomic E-state index is 11.6. The van der Waals surface area contributed by atoms with Gasteiger partial charge in [-0.2, -0.15) is 11.8 Å². The van der Waals surface area contributed by atoms with E-state index in [1.807, 2.05) is 26.2 Å². The number of benzene rings is 1. The number of rotatable bonds is 6. The first-order chi connectivity index (χ1) is 8.09. The van der Waals surface area contributed by atoms with Crippen LogP contribution >= 0.6 is 35.8 Å². The first-order valence-electron chi connectivity index (χ1n) is 5.36. The van der Waals surface area contributed by atoms with Gasteiger partial charge in [-0.05, 0) is 26.2 Å². The van der Waals surface area contributed by atoms with E-state index in [-0.39, 0.29) is 18.3 Å². The number of amides is 1. The molecule has 0 fully saturated rings. The minimum absolute atomic E-state index is 0. The molecule has 3 nitrogen and oxygen atoms in total. The number of anilines is 1. The summed E-state index contributed by atoms with van der Waals surface area (Å²) in [6, 6.07) is 7.24. The van der Waals surface area contributed by atoms with Crippen LogP contribution in [0.3, 0.4) is 0 Å². The van der Waals surface area contributed by atoms with E-state index in [4.69, 9.17) is 11.6 Å². The van der Waals surface area contributed by atoms with Gasteiger partial charge in [0.25, 0.3) is 0 Å². The monoisotopic (exact) mass is 308 g/mol.